The summed E-state index contributed by atoms with van der Waals surface area (Å²) in [6.45, 7) is 1.19. The van der Waals surface area contributed by atoms with Crippen LogP contribution in [0.2, 0.25) is 0 Å². The zero-order chi connectivity index (χ0) is 11.4. The molecule has 0 aromatic rings. The summed E-state index contributed by atoms with van der Waals surface area (Å²) in [5.74, 6) is -1.40. The predicted octanol–water partition coefficient (Wildman–Crippen LogP) is 1.43. The third-order valence-electron chi connectivity index (χ3n) is 1.48. The molecule has 0 rings (SSSR count). The van der Waals surface area contributed by atoms with E-state index in [9.17, 15) is 9.36 Å². The number of ether oxygens (including phenoxy) is 1. The van der Waals surface area contributed by atoms with E-state index in [1.807, 2.05) is 0 Å². The lowest BCUT2D eigenvalue weighted by Gasteiger charge is -2.15. The van der Waals surface area contributed by atoms with Crippen LogP contribution in [0.5, 0.6) is 0 Å². The van der Waals surface area contributed by atoms with Crippen molar-refractivity contribution in [2.75, 3.05) is 21.3 Å². The summed E-state index contributed by atoms with van der Waals surface area (Å²) in [6.07, 6.45) is 0. The van der Waals surface area contributed by atoms with Crippen molar-refractivity contribution in [1.82, 2.24) is 0 Å². The van der Waals surface area contributed by atoms with Crippen LogP contribution in [0, 0.1) is 0 Å². The molecule has 0 atom stereocenters. The van der Waals surface area contributed by atoms with Gasteiger partial charge in [-0.05, 0) is 6.92 Å². The fourth-order valence-corrected chi connectivity index (χ4v) is 2.04. The summed E-state index contributed by atoms with van der Waals surface area (Å²) in [5.41, 5.74) is 0. The summed E-state index contributed by atoms with van der Waals surface area (Å²) >= 11 is 0. The van der Waals surface area contributed by atoms with Crippen molar-refractivity contribution >= 4 is 13.6 Å². The molecule has 14 heavy (non-hydrogen) atoms. The molecule has 6 nitrogen and oxygen atoms in total. The third-order valence-corrected chi connectivity index (χ3v) is 3.49. The van der Waals surface area contributed by atoms with E-state index in [0.717, 1.165) is 21.3 Å². The van der Waals surface area contributed by atoms with Gasteiger partial charge in [-0.3, -0.25) is 4.57 Å². The number of allylic oxidation sites excluding steroid dienone is 1. The summed E-state index contributed by atoms with van der Waals surface area (Å²) in [6, 6.07) is 0. The monoisotopic (exact) mass is 224 g/mol. The maximum atomic E-state index is 11.7. The number of rotatable bonds is 4. The van der Waals surface area contributed by atoms with Crippen LogP contribution in [0.25, 0.3) is 0 Å². The second-order valence-electron chi connectivity index (χ2n) is 2.29. The van der Waals surface area contributed by atoms with E-state index in [4.69, 9.17) is 5.11 Å². The molecule has 0 bridgehead atoms. The summed E-state index contributed by atoms with van der Waals surface area (Å²) in [7, 11) is -0.452. The molecule has 0 heterocycles. The number of carbonyl (C=O) groups excluding carboxylic acids is 1. The van der Waals surface area contributed by atoms with Crippen LogP contribution < -0.4 is 0 Å². The molecule has 0 fully saturated rings. The molecular weight excluding hydrogens is 211 g/mol. The first-order chi connectivity index (χ1) is 6.42. The molecule has 0 aliphatic heterocycles. The molecule has 0 spiro atoms. The van der Waals surface area contributed by atoms with E-state index >= 15 is 0 Å². The van der Waals surface area contributed by atoms with Gasteiger partial charge in [-0.15, -0.1) is 0 Å². The maximum Gasteiger partial charge on any atom is 0.371 e. The van der Waals surface area contributed by atoms with E-state index in [1.165, 1.54) is 6.92 Å². The van der Waals surface area contributed by atoms with Crippen LogP contribution in [0.15, 0.2) is 11.1 Å². The van der Waals surface area contributed by atoms with Gasteiger partial charge in [0.25, 0.3) is 0 Å². The number of hydrogen-bond acceptors (Lipinski definition) is 6. The Bertz CT molecular complexity index is 283. The highest BCUT2D eigenvalue weighted by Gasteiger charge is 2.36. The van der Waals surface area contributed by atoms with Crippen LogP contribution in [0.1, 0.15) is 6.92 Å². The molecule has 0 unspecified atom stereocenters. The Morgan fingerprint density at radius 2 is 1.64 bits per heavy atom. The first-order valence-electron chi connectivity index (χ1n) is 3.63. The van der Waals surface area contributed by atoms with Crippen molar-refractivity contribution in [3.8, 4) is 0 Å². The van der Waals surface area contributed by atoms with Crippen molar-refractivity contribution in [1.29, 1.82) is 0 Å². The number of carbonyl (C=O) groups is 1. The lowest BCUT2D eigenvalue weighted by atomic mass is 10.5. The van der Waals surface area contributed by atoms with E-state index in [2.05, 4.69) is 13.8 Å². The number of methoxy groups -OCH3 is 1. The van der Waals surface area contributed by atoms with Gasteiger partial charge in [0, 0.05) is 14.2 Å². The SMILES string of the molecule is COC(=O)/C(=C(\C)O)P(=O)(OC)OC. The average molecular weight is 224 g/mol. The molecular formula is C7H13O6P. The van der Waals surface area contributed by atoms with Crippen molar-refractivity contribution < 1.29 is 28.3 Å². The van der Waals surface area contributed by atoms with E-state index in [1.54, 1.807) is 0 Å². The summed E-state index contributed by atoms with van der Waals surface area (Å²) < 4.78 is 25.2. The highest BCUT2D eigenvalue weighted by Crippen LogP contribution is 2.55. The Balaban J connectivity index is 5.35. The lowest BCUT2D eigenvalue weighted by Crippen LogP contribution is -2.09. The molecule has 0 aliphatic rings. The minimum Gasteiger partial charge on any atom is -0.511 e. The van der Waals surface area contributed by atoms with Gasteiger partial charge in [0.1, 0.15) is 5.76 Å². The number of aliphatic hydroxyl groups is 1. The molecule has 7 heteroatoms. The lowest BCUT2D eigenvalue weighted by molar-refractivity contribution is -0.135. The Kier molecular flexibility index (Phi) is 4.83. The van der Waals surface area contributed by atoms with Crippen molar-refractivity contribution in [2.24, 2.45) is 0 Å². The number of aliphatic hydroxyl groups excluding tert-OH is 1. The molecule has 82 valence electrons. The van der Waals surface area contributed by atoms with Gasteiger partial charge in [-0.25, -0.2) is 4.79 Å². The molecule has 0 amide bonds. The van der Waals surface area contributed by atoms with Crippen LogP contribution >= 0.6 is 7.60 Å². The van der Waals surface area contributed by atoms with Gasteiger partial charge in [-0.1, -0.05) is 0 Å². The van der Waals surface area contributed by atoms with Crippen LogP contribution in [0.4, 0.5) is 0 Å². The van der Waals surface area contributed by atoms with Gasteiger partial charge < -0.3 is 18.9 Å². The first-order valence-corrected chi connectivity index (χ1v) is 5.17. The predicted molar refractivity (Wildman–Crippen MR) is 49.0 cm³/mol. The third kappa shape index (κ3) is 2.57. The Morgan fingerprint density at radius 1 is 1.21 bits per heavy atom. The second kappa shape index (κ2) is 5.14. The zero-order valence-electron chi connectivity index (χ0n) is 8.44. The smallest absolute Gasteiger partial charge is 0.371 e. The van der Waals surface area contributed by atoms with E-state index in [0.29, 0.717) is 0 Å². The van der Waals surface area contributed by atoms with Crippen LogP contribution in [-0.4, -0.2) is 32.4 Å². The zero-order valence-corrected chi connectivity index (χ0v) is 9.33. The minimum atomic E-state index is -3.76. The molecule has 0 aromatic carbocycles. The quantitative estimate of drug-likeness (QED) is 0.336. The van der Waals surface area contributed by atoms with Crippen molar-refractivity contribution in [2.45, 2.75) is 6.92 Å². The second-order valence-corrected chi connectivity index (χ2v) is 4.46. The van der Waals surface area contributed by atoms with Gasteiger partial charge in [-0.2, -0.15) is 0 Å². The van der Waals surface area contributed by atoms with Crippen molar-refractivity contribution in [3.05, 3.63) is 11.1 Å². The average Bonchev–Trinajstić information content (AvgIpc) is 2.16. The van der Waals surface area contributed by atoms with E-state index < -0.39 is 24.6 Å². The Morgan fingerprint density at radius 3 is 1.86 bits per heavy atom. The first kappa shape index (κ1) is 13.2. The van der Waals surface area contributed by atoms with Gasteiger partial charge in [0.15, 0.2) is 5.31 Å². The minimum absolute atomic E-state index is 0.455. The maximum absolute atomic E-state index is 11.7. The Hall–Kier alpha value is -0.840. The summed E-state index contributed by atoms with van der Waals surface area (Å²) in [4.78, 5) is 11.1. The van der Waals surface area contributed by atoms with Crippen molar-refractivity contribution in [3.63, 3.8) is 0 Å². The standard InChI is InChI=1S/C7H13O6P/c1-5(8)6(7(9)11-2)14(10,12-3)13-4/h8H,1-4H3/b6-5-. The molecule has 0 radical (unpaired) electrons. The van der Waals surface area contributed by atoms with Gasteiger partial charge in [0.2, 0.25) is 0 Å². The molecule has 0 saturated heterocycles. The highest BCUT2D eigenvalue weighted by molar-refractivity contribution is 7.59. The topological polar surface area (TPSA) is 82.1 Å². The fraction of sp³-hybridized carbons (Fsp3) is 0.571. The highest BCUT2D eigenvalue weighted by atomic mass is 31.2. The largest absolute Gasteiger partial charge is 0.511 e. The molecule has 0 aliphatic carbocycles. The van der Waals surface area contributed by atoms with Gasteiger partial charge >= 0.3 is 13.6 Å². The van der Waals surface area contributed by atoms with Crippen LogP contribution in [-0.2, 0) is 23.1 Å². The molecule has 1 N–H and O–H groups in total. The van der Waals surface area contributed by atoms with Gasteiger partial charge in [0.05, 0.1) is 7.11 Å². The molecule has 0 aromatic heterocycles. The normalized spacial score (nSPS) is 13.4. The Labute approximate surface area is 82.0 Å². The number of hydrogen-bond donors (Lipinski definition) is 1. The fourth-order valence-electron chi connectivity index (χ4n) is 0.811. The molecule has 0 saturated carbocycles. The summed E-state index contributed by atoms with van der Waals surface area (Å²) in [5, 5.41) is 8.66. The van der Waals surface area contributed by atoms with Crippen LogP contribution in [0.3, 0.4) is 0 Å². The number of esters is 1. The van der Waals surface area contributed by atoms with E-state index in [-0.39, 0.29) is 0 Å².